The van der Waals surface area contributed by atoms with Gasteiger partial charge in [-0.2, -0.15) is 8.78 Å². The minimum Gasteiger partial charge on any atom is -0.494 e. The number of piperazine rings is 1. The van der Waals surface area contributed by atoms with E-state index in [2.05, 4.69) is 31.8 Å². The number of hydrogen-bond acceptors (Lipinski definition) is 10. The second-order valence-corrected chi connectivity index (χ2v) is 9.77. The van der Waals surface area contributed by atoms with Crippen molar-refractivity contribution < 1.29 is 23.0 Å². The van der Waals surface area contributed by atoms with E-state index >= 15 is 0 Å². The van der Waals surface area contributed by atoms with E-state index in [0.717, 1.165) is 16.5 Å². The van der Waals surface area contributed by atoms with Gasteiger partial charge in [0.2, 0.25) is 11.9 Å². The number of nitrogens with one attached hydrogen (secondary N) is 1. The number of methoxy groups -OCH3 is 1. The Labute approximate surface area is 244 Å². The van der Waals surface area contributed by atoms with Crippen molar-refractivity contribution in [3.8, 4) is 17.2 Å². The molecule has 43 heavy (non-hydrogen) atoms. The number of carbonyl (C=O) groups is 1. The van der Waals surface area contributed by atoms with Gasteiger partial charge >= 0.3 is 6.55 Å². The van der Waals surface area contributed by atoms with Crippen LogP contribution < -0.4 is 19.7 Å². The molecule has 14 heteroatoms. The van der Waals surface area contributed by atoms with Gasteiger partial charge in [0, 0.05) is 38.3 Å². The summed E-state index contributed by atoms with van der Waals surface area (Å²) in [6.45, 7) is 4.99. The third kappa shape index (κ3) is 5.46. The molecule has 0 atom stereocenters. The highest BCUT2D eigenvalue weighted by atomic mass is 19.3. The van der Waals surface area contributed by atoms with Crippen molar-refractivity contribution in [3.63, 3.8) is 0 Å². The molecule has 4 heterocycles. The van der Waals surface area contributed by atoms with Gasteiger partial charge in [-0.15, -0.1) is 0 Å². The van der Waals surface area contributed by atoms with E-state index in [1.807, 2.05) is 17.9 Å². The van der Waals surface area contributed by atoms with E-state index in [1.54, 1.807) is 35.4 Å². The zero-order valence-electron chi connectivity index (χ0n) is 23.4. The van der Waals surface area contributed by atoms with Crippen molar-refractivity contribution >= 4 is 45.4 Å². The first-order chi connectivity index (χ1) is 20.8. The number of halogens is 2. The summed E-state index contributed by atoms with van der Waals surface area (Å²) in [5.41, 5.74) is 3.18. The van der Waals surface area contributed by atoms with Crippen LogP contribution in [0.2, 0.25) is 0 Å². The van der Waals surface area contributed by atoms with Crippen LogP contribution in [0.4, 0.5) is 26.2 Å². The molecule has 220 valence electrons. The van der Waals surface area contributed by atoms with Crippen LogP contribution in [0, 0.1) is 6.92 Å². The van der Waals surface area contributed by atoms with Crippen molar-refractivity contribution in [3.05, 3.63) is 67.4 Å². The predicted molar refractivity (Wildman–Crippen MR) is 156 cm³/mol. The summed E-state index contributed by atoms with van der Waals surface area (Å²) >= 11 is 0. The zero-order valence-corrected chi connectivity index (χ0v) is 23.4. The fourth-order valence-electron chi connectivity index (χ4n) is 4.88. The van der Waals surface area contributed by atoms with Crippen LogP contribution in [0.3, 0.4) is 0 Å². The number of benzene rings is 2. The van der Waals surface area contributed by atoms with Crippen molar-refractivity contribution in [2.75, 3.05) is 43.5 Å². The number of imidazole rings is 1. The van der Waals surface area contributed by atoms with Crippen molar-refractivity contribution in [2.24, 2.45) is 0 Å². The number of ether oxygens (including phenoxy) is 2. The predicted octanol–water partition coefficient (Wildman–Crippen LogP) is 4.85. The van der Waals surface area contributed by atoms with Gasteiger partial charge in [-0.05, 0) is 36.8 Å². The Balaban J connectivity index is 1.25. The Morgan fingerprint density at radius 2 is 1.86 bits per heavy atom. The van der Waals surface area contributed by atoms with Gasteiger partial charge in [0.05, 0.1) is 30.0 Å². The number of carbonyl (C=O) groups excluding carboxylic acids is 1. The second kappa shape index (κ2) is 11.5. The average Bonchev–Trinajstić information content (AvgIpc) is 3.46. The van der Waals surface area contributed by atoms with Crippen molar-refractivity contribution in [1.82, 2.24) is 34.4 Å². The van der Waals surface area contributed by atoms with Crippen LogP contribution in [-0.2, 0) is 4.79 Å². The molecule has 2 aromatic carbocycles. The minimum atomic E-state index is -2.68. The van der Waals surface area contributed by atoms with Crippen LogP contribution in [0.15, 0.2) is 61.8 Å². The molecule has 5 aromatic rings. The standard InChI is InChI=1S/C29H27F2N9O3/c1-4-25(41)38-7-9-39(10-8-38)29-32-14-21-26(37-29)27(34-15-33-21)36-20-11-17(2)23(13-24(20)42-3)43-18-5-6-22-19(12-18)35-16-40(22)28(30)31/h4-6,11-16,28H,1,7-10H2,2-3H3,(H,33,34,36). The van der Waals surface area contributed by atoms with E-state index in [0.29, 0.717) is 82.9 Å². The molecular formula is C29H27F2N9O3. The first kappa shape index (κ1) is 27.8. The number of rotatable bonds is 8. The second-order valence-electron chi connectivity index (χ2n) is 9.77. The summed E-state index contributed by atoms with van der Waals surface area (Å²) in [5, 5.41) is 3.31. The molecule has 12 nitrogen and oxygen atoms in total. The zero-order chi connectivity index (χ0) is 30.1. The van der Waals surface area contributed by atoms with E-state index in [4.69, 9.17) is 14.5 Å². The monoisotopic (exact) mass is 587 g/mol. The smallest absolute Gasteiger partial charge is 0.320 e. The van der Waals surface area contributed by atoms with Crippen LogP contribution in [0.5, 0.6) is 17.2 Å². The maximum atomic E-state index is 13.2. The van der Waals surface area contributed by atoms with Gasteiger partial charge in [-0.25, -0.2) is 24.9 Å². The van der Waals surface area contributed by atoms with E-state index in [9.17, 15) is 13.6 Å². The molecule has 1 aliphatic rings. The third-order valence-electron chi connectivity index (χ3n) is 7.15. The van der Waals surface area contributed by atoms with Crippen molar-refractivity contribution in [2.45, 2.75) is 13.5 Å². The minimum absolute atomic E-state index is 0.0951. The van der Waals surface area contributed by atoms with Crippen LogP contribution in [0.1, 0.15) is 12.1 Å². The summed E-state index contributed by atoms with van der Waals surface area (Å²) in [5.74, 6) is 2.31. The lowest BCUT2D eigenvalue weighted by atomic mass is 10.1. The normalized spacial score (nSPS) is 13.5. The fraction of sp³-hybridized carbons (Fsp3) is 0.241. The van der Waals surface area contributed by atoms with E-state index < -0.39 is 6.55 Å². The molecule has 0 saturated carbocycles. The van der Waals surface area contributed by atoms with Gasteiger partial charge in [-0.3, -0.25) is 9.36 Å². The Kier molecular flexibility index (Phi) is 7.40. The number of amides is 1. The summed E-state index contributed by atoms with van der Waals surface area (Å²) in [6, 6.07) is 8.34. The molecule has 1 saturated heterocycles. The summed E-state index contributed by atoms with van der Waals surface area (Å²) in [7, 11) is 1.54. The molecule has 1 amide bonds. The van der Waals surface area contributed by atoms with Crippen LogP contribution >= 0.6 is 0 Å². The van der Waals surface area contributed by atoms with Crippen LogP contribution in [-0.4, -0.2) is 73.6 Å². The number of hydrogen-bond donors (Lipinski definition) is 1. The lowest BCUT2D eigenvalue weighted by Crippen LogP contribution is -2.48. The number of nitrogens with zero attached hydrogens (tertiary/aromatic N) is 8. The number of fused-ring (bicyclic) bond motifs is 2. The molecule has 1 fully saturated rings. The molecular weight excluding hydrogens is 560 g/mol. The van der Waals surface area contributed by atoms with Gasteiger partial charge in [0.25, 0.3) is 0 Å². The SMILES string of the molecule is C=CC(=O)N1CCN(c2ncc3ncnc(Nc4cc(C)c(Oc5ccc6c(c5)ncn6C(F)F)cc4OC)c3n2)CC1. The molecule has 1 aliphatic heterocycles. The first-order valence-corrected chi connectivity index (χ1v) is 13.4. The number of alkyl halides is 2. The van der Waals surface area contributed by atoms with Gasteiger partial charge in [-0.1, -0.05) is 6.58 Å². The number of anilines is 3. The highest BCUT2D eigenvalue weighted by Gasteiger charge is 2.22. The number of aromatic nitrogens is 6. The Hall–Kier alpha value is -5.40. The molecule has 0 bridgehead atoms. The molecule has 3 aromatic heterocycles. The average molecular weight is 588 g/mol. The summed E-state index contributed by atoms with van der Waals surface area (Å²) < 4.78 is 38.9. The van der Waals surface area contributed by atoms with Crippen molar-refractivity contribution in [1.29, 1.82) is 0 Å². The largest absolute Gasteiger partial charge is 0.494 e. The van der Waals surface area contributed by atoms with Crippen LogP contribution in [0.25, 0.3) is 22.1 Å². The maximum Gasteiger partial charge on any atom is 0.320 e. The lowest BCUT2D eigenvalue weighted by molar-refractivity contribution is -0.126. The van der Waals surface area contributed by atoms with E-state index in [1.165, 1.54) is 19.5 Å². The quantitative estimate of drug-likeness (QED) is 0.252. The highest BCUT2D eigenvalue weighted by molar-refractivity contribution is 5.88. The maximum absolute atomic E-state index is 13.2. The molecule has 0 unspecified atom stereocenters. The highest BCUT2D eigenvalue weighted by Crippen LogP contribution is 2.37. The van der Waals surface area contributed by atoms with Gasteiger partial charge in [0.1, 0.15) is 40.9 Å². The topological polar surface area (TPSA) is 123 Å². The number of aryl methyl sites for hydroxylation is 1. The Morgan fingerprint density at radius 3 is 2.60 bits per heavy atom. The Morgan fingerprint density at radius 1 is 1.05 bits per heavy atom. The van der Waals surface area contributed by atoms with E-state index in [-0.39, 0.29) is 5.91 Å². The van der Waals surface area contributed by atoms with Gasteiger partial charge < -0.3 is 24.6 Å². The Bertz CT molecular complexity index is 1840. The molecule has 0 aliphatic carbocycles. The lowest BCUT2D eigenvalue weighted by Gasteiger charge is -2.34. The first-order valence-electron chi connectivity index (χ1n) is 13.4. The third-order valence-corrected chi connectivity index (χ3v) is 7.15. The molecule has 1 N–H and O–H groups in total. The van der Waals surface area contributed by atoms with Gasteiger partial charge in [0.15, 0.2) is 5.82 Å². The molecule has 0 spiro atoms. The fourth-order valence-corrected chi connectivity index (χ4v) is 4.88. The molecule has 0 radical (unpaired) electrons. The molecule has 6 rings (SSSR count). The summed E-state index contributed by atoms with van der Waals surface area (Å²) in [6.07, 6.45) is 5.49. The summed E-state index contributed by atoms with van der Waals surface area (Å²) in [4.78, 5) is 37.7.